The molecule has 0 saturated heterocycles. The molecule has 0 N–H and O–H groups in total. The second-order valence-electron chi connectivity index (χ2n) is 5.33. The van der Waals surface area contributed by atoms with Crippen molar-refractivity contribution in [1.29, 1.82) is 0 Å². The Bertz CT molecular complexity index is 1110. The van der Waals surface area contributed by atoms with Crippen LogP contribution in [0, 0.1) is 0 Å². The lowest BCUT2D eigenvalue weighted by Crippen LogP contribution is -2.04. The van der Waals surface area contributed by atoms with Gasteiger partial charge in [-0.25, -0.2) is 0 Å². The molecular formula is C19H14O4. The van der Waals surface area contributed by atoms with E-state index in [2.05, 4.69) is 0 Å². The van der Waals surface area contributed by atoms with Gasteiger partial charge in [0.2, 0.25) is 5.43 Å². The van der Waals surface area contributed by atoms with Crippen molar-refractivity contribution in [2.45, 2.75) is 0 Å². The minimum atomic E-state index is -0.0941. The summed E-state index contributed by atoms with van der Waals surface area (Å²) in [5, 5.41) is 2.91. The standard InChI is InChI=1S/C19H14O4/c1-21-13-7-6-11-10-17-14(9-12(11)8-13)19(20)18-15(22-2)4-3-5-16(18)23-17/h3-10H,1-2H3. The molecule has 114 valence electrons. The second kappa shape index (κ2) is 5.02. The van der Waals surface area contributed by atoms with Gasteiger partial charge in [-0.05, 0) is 47.2 Å². The van der Waals surface area contributed by atoms with Crippen LogP contribution < -0.4 is 14.9 Å². The van der Waals surface area contributed by atoms with Gasteiger partial charge in [-0.1, -0.05) is 12.1 Å². The van der Waals surface area contributed by atoms with Gasteiger partial charge in [0, 0.05) is 0 Å². The van der Waals surface area contributed by atoms with Gasteiger partial charge in [-0.3, -0.25) is 4.79 Å². The lowest BCUT2D eigenvalue weighted by atomic mass is 10.1. The number of hydrogen-bond donors (Lipinski definition) is 0. The first-order valence-corrected chi connectivity index (χ1v) is 7.22. The zero-order chi connectivity index (χ0) is 16.0. The number of ether oxygens (including phenoxy) is 2. The van der Waals surface area contributed by atoms with Crippen molar-refractivity contribution in [1.82, 2.24) is 0 Å². The fourth-order valence-electron chi connectivity index (χ4n) is 2.89. The molecule has 0 aliphatic carbocycles. The number of methoxy groups -OCH3 is 2. The Morgan fingerprint density at radius 3 is 2.52 bits per heavy atom. The highest BCUT2D eigenvalue weighted by Crippen LogP contribution is 2.29. The number of fused-ring (bicyclic) bond motifs is 3. The summed E-state index contributed by atoms with van der Waals surface area (Å²) in [7, 11) is 3.17. The van der Waals surface area contributed by atoms with Crippen LogP contribution in [0.4, 0.5) is 0 Å². The van der Waals surface area contributed by atoms with Gasteiger partial charge >= 0.3 is 0 Å². The maximum atomic E-state index is 12.9. The van der Waals surface area contributed by atoms with Gasteiger partial charge in [0.25, 0.3) is 0 Å². The SMILES string of the molecule is COc1ccc2cc3oc4cccc(OC)c4c(=O)c3cc2c1. The predicted molar refractivity (Wildman–Crippen MR) is 90.6 cm³/mol. The van der Waals surface area contributed by atoms with Gasteiger partial charge in [-0.2, -0.15) is 0 Å². The number of hydrogen-bond acceptors (Lipinski definition) is 4. The van der Waals surface area contributed by atoms with Crippen molar-refractivity contribution < 1.29 is 13.9 Å². The molecule has 0 spiro atoms. The second-order valence-corrected chi connectivity index (χ2v) is 5.33. The third-order valence-corrected chi connectivity index (χ3v) is 4.05. The van der Waals surface area contributed by atoms with Crippen LogP contribution in [0.15, 0.2) is 57.7 Å². The highest BCUT2D eigenvalue weighted by molar-refractivity contribution is 6.00. The Kier molecular flexibility index (Phi) is 2.98. The van der Waals surface area contributed by atoms with E-state index in [1.54, 1.807) is 26.4 Å². The average molecular weight is 306 g/mol. The lowest BCUT2D eigenvalue weighted by Gasteiger charge is -2.07. The van der Waals surface area contributed by atoms with Gasteiger partial charge in [0.1, 0.15) is 28.1 Å². The molecule has 0 bridgehead atoms. The Morgan fingerprint density at radius 1 is 0.870 bits per heavy atom. The van der Waals surface area contributed by atoms with Crippen LogP contribution in [-0.2, 0) is 0 Å². The fourth-order valence-corrected chi connectivity index (χ4v) is 2.89. The zero-order valence-electron chi connectivity index (χ0n) is 12.8. The van der Waals surface area contributed by atoms with E-state index in [0.29, 0.717) is 27.7 Å². The minimum absolute atomic E-state index is 0.0941. The summed E-state index contributed by atoms with van der Waals surface area (Å²) in [5.74, 6) is 1.27. The first-order valence-electron chi connectivity index (χ1n) is 7.22. The van der Waals surface area contributed by atoms with Crippen LogP contribution >= 0.6 is 0 Å². The summed E-state index contributed by atoms with van der Waals surface area (Å²) in [5.41, 5.74) is 0.992. The van der Waals surface area contributed by atoms with Crippen LogP contribution in [0.3, 0.4) is 0 Å². The van der Waals surface area contributed by atoms with E-state index in [9.17, 15) is 4.79 Å². The van der Waals surface area contributed by atoms with E-state index < -0.39 is 0 Å². The highest BCUT2D eigenvalue weighted by atomic mass is 16.5. The van der Waals surface area contributed by atoms with Crippen LogP contribution in [0.1, 0.15) is 0 Å². The molecule has 1 aromatic heterocycles. The molecule has 0 aliphatic heterocycles. The Morgan fingerprint density at radius 2 is 1.74 bits per heavy atom. The van der Waals surface area contributed by atoms with Crippen LogP contribution in [0.2, 0.25) is 0 Å². The van der Waals surface area contributed by atoms with Gasteiger partial charge in [0.15, 0.2) is 0 Å². The van der Waals surface area contributed by atoms with Gasteiger partial charge in [-0.15, -0.1) is 0 Å². The molecule has 4 nitrogen and oxygen atoms in total. The lowest BCUT2D eigenvalue weighted by molar-refractivity contribution is 0.415. The fraction of sp³-hybridized carbons (Fsp3) is 0.105. The molecule has 0 aliphatic rings. The molecule has 3 aromatic carbocycles. The summed E-state index contributed by atoms with van der Waals surface area (Å²) in [4.78, 5) is 12.9. The summed E-state index contributed by atoms with van der Waals surface area (Å²) < 4.78 is 16.5. The van der Waals surface area contributed by atoms with Crippen molar-refractivity contribution in [2.24, 2.45) is 0 Å². The number of rotatable bonds is 2. The molecule has 0 atom stereocenters. The molecule has 23 heavy (non-hydrogen) atoms. The van der Waals surface area contributed by atoms with Gasteiger partial charge in [0.05, 0.1) is 19.6 Å². The zero-order valence-corrected chi connectivity index (χ0v) is 12.8. The molecule has 0 amide bonds. The normalized spacial score (nSPS) is 11.2. The average Bonchev–Trinajstić information content (AvgIpc) is 2.59. The third-order valence-electron chi connectivity index (χ3n) is 4.05. The molecule has 0 unspecified atom stereocenters. The van der Waals surface area contributed by atoms with Crippen molar-refractivity contribution >= 4 is 32.7 Å². The summed E-state index contributed by atoms with van der Waals surface area (Å²) in [6, 6.07) is 14.8. The smallest absolute Gasteiger partial charge is 0.204 e. The third kappa shape index (κ3) is 2.03. The monoisotopic (exact) mass is 306 g/mol. The maximum absolute atomic E-state index is 12.9. The molecule has 4 aromatic rings. The van der Waals surface area contributed by atoms with Crippen molar-refractivity contribution in [3.63, 3.8) is 0 Å². The highest BCUT2D eigenvalue weighted by Gasteiger charge is 2.13. The van der Waals surface area contributed by atoms with E-state index in [-0.39, 0.29) is 5.43 Å². The van der Waals surface area contributed by atoms with Crippen molar-refractivity contribution in [3.8, 4) is 11.5 Å². The maximum Gasteiger partial charge on any atom is 0.204 e. The summed E-state index contributed by atoms with van der Waals surface area (Å²) in [6.07, 6.45) is 0. The molecule has 4 rings (SSSR count). The number of benzene rings is 3. The molecule has 1 heterocycles. The summed E-state index contributed by atoms with van der Waals surface area (Å²) >= 11 is 0. The molecular weight excluding hydrogens is 292 g/mol. The largest absolute Gasteiger partial charge is 0.497 e. The quantitative estimate of drug-likeness (QED) is 0.523. The topological polar surface area (TPSA) is 48.7 Å². The molecule has 4 heteroatoms. The van der Waals surface area contributed by atoms with Crippen LogP contribution in [0.25, 0.3) is 32.7 Å². The molecule has 0 fully saturated rings. The van der Waals surface area contributed by atoms with E-state index in [1.165, 1.54) is 0 Å². The molecule has 0 radical (unpaired) electrons. The minimum Gasteiger partial charge on any atom is -0.497 e. The van der Waals surface area contributed by atoms with Crippen molar-refractivity contribution in [2.75, 3.05) is 14.2 Å². The van der Waals surface area contributed by atoms with Crippen LogP contribution in [0.5, 0.6) is 11.5 Å². The first kappa shape index (κ1) is 13.6. The van der Waals surface area contributed by atoms with Gasteiger partial charge < -0.3 is 13.9 Å². The first-order chi connectivity index (χ1) is 11.2. The van der Waals surface area contributed by atoms with E-state index in [4.69, 9.17) is 13.9 Å². The predicted octanol–water partition coefficient (Wildman–Crippen LogP) is 4.12. The Hall–Kier alpha value is -3.01. The molecule has 0 saturated carbocycles. The van der Waals surface area contributed by atoms with E-state index in [0.717, 1.165) is 16.5 Å². The van der Waals surface area contributed by atoms with Crippen molar-refractivity contribution in [3.05, 3.63) is 58.8 Å². The summed E-state index contributed by atoms with van der Waals surface area (Å²) in [6.45, 7) is 0. The Balaban J connectivity index is 2.17. The van der Waals surface area contributed by atoms with Crippen LogP contribution in [-0.4, -0.2) is 14.2 Å². The van der Waals surface area contributed by atoms with E-state index in [1.807, 2.05) is 36.4 Å². The van der Waals surface area contributed by atoms with E-state index >= 15 is 0 Å². The Labute approximate surface area is 131 Å².